The van der Waals surface area contributed by atoms with E-state index in [0.717, 1.165) is 5.56 Å². The molecule has 1 unspecified atom stereocenters. The number of nitrogens with one attached hydrogen (secondary N) is 1. The minimum atomic E-state index is -0.946. The Hall–Kier alpha value is -2.14. The van der Waals surface area contributed by atoms with Crippen LogP contribution in [0.2, 0.25) is 0 Å². The number of amides is 1. The van der Waals surface area contributed by atoms with Crippen molar-refractivity contribution in [3.63, 3.8) is 0 Å². The monoisotopic (exact) mass is 407 g/mol. The van der Waals surface area contributed by atoms with Crippen molar-refractivity contribution in [1.29, 1.82) is 0 Å². The lowest BCUT2D eigenvalue weighted by atomic mass is 9.84. The molecule has 0 fully saturated rings. The second kappa shape index (κ2) is 10.4. The van der Waals surface area contributed by atoms with Crippen molar-refractivity contribution in [1.82, 2.24) is 5.32 Å². The average molecular weight is 408 g/mol. The number of hydrogen-bond donors (Lipinski definition) is 1. The zero-order valence-corrected chi connectivity index (χ0v) is 18.2. The molecule has 1 aromatic rings. The zero-order chi connectivity index (χ0) is 21.5. The molecule has 0 bridgehead atoms. The van der Waals surface area contributed by atoms with Crippen molar-refractivity contribution in [2.75, 3.05) is 0 Å². The van der Waals surface area contributed by atoms with E-state index in [1.54, 1.807) is 27.7 Å². The summed E-state index contributed by atoms with van der Waals surface area (Å²) in [6.45, 7) is 10.4. The Morgan fingerprint density at radius 2 is 1.71 bits per heavy atom. The predicted molar refractivity (Wildman–Crippen MR) is 111 cm³/mol. The van der Waals surface area contributed by atoms with Crippen LogP contribution < -0.4 is 5.32 Å². The summed E-state index contributed by atoms with van der Waals surface area (Å²) in [6, 6.07) is 8.43. The van der Waals surface area contributed by atoms with Gasteiger partial charge in [0.05, 0.1) is 12.0 Å². The summed E-state index contributed by atoms with van der Waals surface area (Å²) in [7, 11) is 0. The third kappa shape index (κ3) is 8.26. The normalized spacial score (nSPS) is 14.4. The molecule has 0 aromatic heterocycles. The van der Waals surface area contributed by atoms with Crippen LogP contribution in [0.4, 0.5) is 4.79 Å². The van der Waals surface area contributed by atoms with Crippen molar-refractivity contribution >= 4 is 29.3 Å². The van der Waals surface area contributed by atoms with Gasteiger partial charge in [0.15, 0.2) is 11.6 Å². The Morgan fingerprint density at radius 3 is 2.18 bits per heavy atom. The van der Waals surface area contributed by atoms with Crippen LogP contribution in [0.3, 0.4) is 0 Å². The number of allylic oxidation sites excluding steroid dienone is 2. The molecule has 1 aromatic carbocycles. The summed E-state index contributed by atoms with van der Waals surface area (Å²) in [5.41, 5.74) is 0.168. The Morgan fingerprint density at radius 1 is 1.14 bits per heavy atom. The van der Waals surface area contributed by atoms with Crippen molar-refractivity contribution in [2.24, 2.45) is 11.8 Å². The van der Waals surface area contributed by atoms with Gasteiger partial charge in [-0.05, 0) is 51.7 Å². The molecule has 1 rings (SSSR count). The van der Waals surface area contributed by atoms with Gasteiger partial charge in [-0.25, -0.2) is 4.79 Å². The minimum Gasteiger partial charge on any atom is -0.444 e. The van der Waals surface area contributed by atoms with Crippen LogP contribution in [0.15, 0.2) is 41.4 Å². The number of rotatable bonds is 8. The first-order valence-electron chi connectivity index (χ1n) is 9.35. The van der Waals surface area contributed by atoms with Gasteiger partial charge in [-0.15, -0.1) is 0 Å². The maximum Gasteiger partial charge on any atom is 0.408 e. The van der Waals surface area contributed by atoms with Gasteiger partial charge in [-0.1, -0.05) is 55.8 Å². The van der Waals surface area contributed by atoms with Crippen LogP contribution >= 0.6 is 11.6 Å². The molecule has 6 heteroatoms. The fourth-order valence-corrected chi connectivity index (χ4v) is 2.81. The molecule has 1 amide bonds. The van der Waals surface area contributed by atoms with Gasteiger partial charge in [0.1, 0.15) is 5.60 Å². The van der Waals surface area contributed by atoms with Crippen molar-refractivity contribution in [3.05, 3.63) is 47.0 Å². The van der Waals surface area contributed by atoms with E-state index < -0.39 is 23.7 Å². The van der Waals surface area contributed by atoms with E-state index in [-0.39, 0.29) is 23.9 Å². The maximum absolute atomic E-state index is 13.2. The first-order chi connectivity index (χ1) is 12.9. The lowest BCUT2D eigenvalue weighted by Gasteiger charge is -2.27. The van der Waals surface area contributed by atoms with Crippen LogP contribution in [0.25, 0.3) is 0 Å². The zero-order valence-electron chi connectivity index (χ0n) is 17.4. The second-order valence-electron chi connectivity index (χ2n) is 8.15. The van der Waals surface area contributed by atoms with Crippen LogP contribution in [-0.2, 0) is 20.7 Å². The SMILES string of the molecule is CC(Cl)=CC(=O)C(Cc1ccccc1)C(=O)[C@H](NC(=O)OC(C)(C)C)C(C)C. The summed E-state index contributed by atoms with van der Waals surface area (Å²) >= 11 is 5.86. The number of carbonyl (C=O) groups excluding carboxylic acids is 3. The molecular weight excluding hydrogens is 378 g/mol. The summed E-state index contributed by atoms with van der Waals surface area (Å²) < 4.78 is 5.27. The highest BCUT2D eigenvalue weighted by molar-refractivity contribution is 6.31. The van der Waals surface area contributed by atoms with E-state index in [1.807, 2.05) is 44.2 Å². The molecule has 0 aliphatic heterocycles. The summed E-state index contributed by atoms with van der Waals surface area (Å²) in [5.74, 6) is -1.90. The first kappa shape index (κ1) is 23.9. The standard InChI is InChI=1S/C22H30ClNO4/c1-14(2)19(24-21(27)28-22(4,5)6)20(26)17(18(25)12-15(3)23)13-16-10-8-7-9-11-16/h7-12,14,17,19H,13H2,1-6H3,(H,24,27)/t17?,19-/m1/s1. The fourth-order valence-electron chi connectivity index (χ4n) is 2.71. The summed E-state index contributed by atoms with van der Waals surface area (Å²) in [6.07, 6.45) is 0.811. The van der Waals surface area contributed by atoms with Gasteiger partial charge in [-0.3, -0.25) is 9.59 Å². The highest BCUT2D eigenvalue weighted by atomic mass is 35.5. The molecule has 2 atom stereocenters. The van der Waals surface area contributed by atoms with Crippen molar-refractivity contribution in [3.8, 4) is 0 Å². The summed E-state index contributed by atoms with van der Waals surface area (Å²) in [5, 5.41) is 2.93. The fraction of sp³-hybridized carbons (Fsp3) is 0.500. The largest absolute Gasteiger partial charge is 0.444 e. The molecule has 5 nitrogen and oxygen atoms in total. The Kier molecular flexibility index (Phi) is 8.89. The molecule has 0 heterocycles. The number of carbonyl (C=O) groups is 3. The molecule has 0 spiro atoms. The van der Waals surface area contributed by atoms with Gasteiger partial charge in [-0.2, -0.15) is 0 Å². The van der Waals surface area contributed by atoms with Gasteiger partial charge in [0.2, 0.25) is 0 Å². The number of benzene rings is 1. The average Bonchev–Trinajstić information content (AvgIpc) is 2.55. The van der Waals surface area contributed by atoms with E-state index in [0.29, 0.717) is 5.03 Å². The Bertz CT molecular complexity index is 716. The quantitative estimate of drug-likeness (QED) is 0.501. The topological polar surface area (TPSA) is 72.5 Å². The number of ketones is 2. The van der Waals surface area contributed by atoms with E-state index in [4.69, 9.17) is 16.3 Å². The van der Waals surface area contributed by atoms with Crippen molar-refractivity contribution in [2.45, 2.75) is 59.6 Å². The van der Waals surface area contributed by atoms with E-state index in [9.17, 15) is 14.4 Å². The third-order valence-electron chi connectivity index (χ3n) is 3.96. The number of Topliss-reactive ketones (excluding diaryl/α,β-unsaturated/α-hetero) is 1. The number of hydrogen-bond acceptors (Lipinski definition) is 4. The van der Waals surface area contributed by atoms with Gasteiger partial charge in [0, 0.05) is 5.03 Å². The molecule has 0 aliphatic carbocycles. The summed E-state index contributed by atoms with van der Waals surface area (Å²) in [4.78, 5) is 38.2. The molecule has 154 valence electrons. The van der Waals surface area contributed by atoms with Gasteiger partial charge < -0.3 is 10.1 Å². The predicted octanol–water partition coefficient (Wildman–Crippen LogP) is 4.68. The van der Waals surface area contributed by atoms with E-state index in [2.05, 4.69) is 5.32 Å². The molecule has 0 aliphatic rings. The van der Waals surface area contributed by atoms with E-state index >= 15 is 0 Å². The Labute approximate surface area is 172 Å². The van der Waals surface area contributed by atoms with Crippen LogP contribution in [0.1, 0.15) is 47.1 Å². The molecule has 28 heavy (non-hydrogen) atoms. The van der Waals surface area contributed by atoms with Crippen molar-refractivity contribution < 1.29 is 19.1 Å². The molecule has 1 N–H and O–H groups in total. The maximum atomic E-state index is 13.2. The molecule has 0 radical (unpaired) electrons. The second-order valence-corrected chi connectivity index (χ2v) is 8.74. The first-order valence-corrected chi connectivity index (χ1v) is 9.73. The molecule has 0 saturated carbocycles. The third-order valence-corrected chi connectivity index (χ3v) is 4.07. The Balaban J connectivity index is 3.13. The highest BCUT2D eigenvalue weighted by Gasteiger charge is 2.35. The minimum absolute atomic E-state index is 0.216. The lowest BCUT2D eigenvalue weighted by Crippen LogP contribution is -2.50. The number of ether oxygens (including phenoxy) is 1. The highest BCUT2D eigenvalue weighted by Crippen LogP contribution is 2.19. The number of halogens is 1. The molecule has 0 saturated heterocycles. The van der Waals surface area contributed by atoms with Gasteiger partial charge in [0.25, 0.3) is 0 Å². The van der Waals surface area contributed by atoms with Crippen LogP contribution in [0.5, 0.6) is 0 Å². The number of alkyl carbamates (subject to hydrolysis) is 1. The van der Waals surface area contributed by atoms with Crippen LogP contribution in [-0.4, -0.2) is 29.3 Å². The van der Waals surface area contributed by atoms with Crippen LogP contribution in [0, 0.1) is 11.8 Å². The van der Waals surface area contributed by atoms with E-state index in [1.165, 1.54) is 6.08 Å². The molecular formula is C22H30ClNO4. The smallest absolute Gasteiger partial charge is 0.408 e. The lowest BCUT2D eigenvalue weighted by molar-refractivity contribution is -0.132. The van der Waals surface area contributed by atoms with Gasteiger partial charge >= 0.3 is 6.09 Å².